The highest BCUT2D eigenvalue weighted by atomic mass is 16.1. The van der Waals surface area contributed by atoms with Gasteiger partial charge in [-0.15, -0.1) is 0 Å². The molecular formula is C12H12N4O. The van der Waals surface area contributed by atoms with Crippen LogP contribution in [0.4, 0.5) is 5.82 Å². The second-order valence-corrected chi connectivity index (χ2v) is 3.63. The Balaban J connectivity index is 2.40. The zero-order chi connectivity index (χ0) is 12.3. The highest BCUT2D eigenvalue weighted by molar-refractivity contribution is 5.98. The van der Waals surface area contributed by atoms with Crippen LogP contribution in [0.15, 0.2) is 36.8 Å². The molecule has 2 aromatic heterocycles. The zero-order valence-electron chi connectivity index (χ0n) is 9.13. The first kappa shape index (κ1) is 11.1. The van der Waals surface area contributed by atoms with Crippen molar-refractivity contribution in [1.29, 1.82) is 0 Å². The van der Waals surface area contributed by atoms with Crippen LogP contribution in [0, 0.1) is 0 Å². The summed E-state index contributed by atoms with van der Waals surface area (Å²) >= 11 is 0. The van der Waals surface area contributed by atoms with Gasteiger partial charge in [0.05, 0.1) is 5.56 Å². The number of aromatic nitrogens is 2. The van der Waals surface area contributed by atoms with Gasteiger partial charge in [0.1, 0.15) is 5.82 Å². The Labute approximate surface area is 98.5 Å². The monoisotopic (exact) mass is 228 g/mol. The van der Waals surface area contributed by atoms with Crippen LogP contribution in [-0.4, -0.2) is 15.9 Å². The van der Waals surface area contributed by atoms with Crippen LogP contribution in [0.25, 0.3) is 0 Å². The van der Waals surface area contributed by atoms with E-state index in [1.54, 1.807) is 24.7 Å². The van der Waals surface area contributed by atoms with Crippen molar-refractivity contribution in [3.05, 3.63) is 53.5 Å². The lowest BCUT2D eigenvalue weighted by atomic mass is 10.0. The molecule has 0 fully saturated rings. The smallest absolute Gasteiger partial charge is 0.252 e. The molecule has 2 rings (SSSR count). The lowest BCUT2D eigenvalue weighted by Crippen LogP contribution is -2.17. The van der Waals surface area contributed by atoms with Crippen molar-refractivity contribution in [1.82, 2.24) is 9.97 Å². The average molecular weight is 228 g/mol. The third kappa shape index (κ3) is 2.39. The number of hydrogen-bond donors (Lipinski definition) is 2. The molecule has 17 heavy (non-hydrogen) atoms. The molecule has 0 aromatic carbocycles. The van der Waals surface area contributed by atoms with Crippen molar-refractivity contribution in [3.63, 3.8) is 0 Å². The van der Waals surface area contributed by atoms with Crippen LogP contribution in [-0.2, 0) is 6.42 Å². The molecule has 0 aliphatic heterocycles. The first-order chi connectivity index (χ1) is 8.18. The molecule has 0 bridgehead atoms. The summed E-state index contributed by atoms with van der Waals surface area (Å²) in [5, 5.41) is 0. The minimum absolute atomic E-state index is 0.170. The third-order valence-corrected chi connectivity index (χ3v) is 2.46. The van der Waals surface area contributed by atoms with Gasteiger partial charge in [-0.2, -0.15) is 0 Å². The summed E-state index contributed by atoms with van der Waals surface area (Å²) in [6.45, 7) is 0. The lowest BCUT2D eigenvalue weighted by Gasteiger charge is -2.08. The van der Waals surface area contributed by atoms with E-state index in [9.17, 15) is 4.79 Å². The van der Waals surface area contributed by atoms with E-state index in [0.717, 1.165) is 11.1 Å². The van der Waals surface area contributed by atoms with E-state index in [1.165, 1.54) is 0 Å². The fourth-order valence-corrected chi connectivity index (χ4v) is 1.67. The fraction of sp³-hybridized carbons (Fsp3) is 0.0833. The second kappa shape index (κ2) is 4.61. The molecule has 2 heterocycles. The summed E-state index contributed by atoms with van der Waals surface area (Å²) in [6.07, 6.45) is 5.54. The number of nitrogens with two attached hydrogens (primary N) is 2. The van der Waals surface area contributed by atoms with Gasteiger partial charge >= 0.3 is 0 Å². The van der Waals surface area contributed by atoms with Crippen LogP contribution in [0.1, 0.15) is 21.5 Å². The van der Waals surface area contributed by atoms with Gasteiger partial charge in [0.15, 0.2) is 0 Å². The summed E-state index contributed by atoms with van der Waals surface area (Å²) in [6, 6.07) is 5.50. The Kier molecular flexibility index (Phi) is 3.00. The van der Waals surface area contributed by atoms with Gasteiger partial charge in [-0.1, -0.05) is 0 Å². The molecular weight excluding hydrogens is 216 g/mol. The number of anilines is 1. The van der Waals surface area contributed by atoms with E-state index in [4.69, 9.17) is 11.5 Å². The van der Waals surface area contributed by atoms with E-state index in [0.29, 0.717) is 12.0 Å². The number of carbonyl (C=O) groups is 1. The number of hydrogen-bond acceptors (Lipinski definition) is 4. The molecule has 0 atom stereocenters. The van der Waals surface area contributed by atoms with Gasteiger partial charge in [-0.05, 0) is 35.7 Å². The van der Waals surface area contributed by atoms with Crippen LogP contribution in [0.2, 0.25) is 0 Å². The minimum Gasteiger partial charge on any atom is -0.383 e. The third-order valence-electron chi connectivity index (χ3n) is 2.46. The van der Waals surface area contributed by atoms with E-state index >= 15 is 0 Å². The molecule has 0 saturated heterocycles. The van der Waals surface area contributed by atoms with Gasteiger partial charge < -0.3 is 11.5 Å². The molecule has 0 saturated carbocycles. The Bertz CT molecular complexity index is 539. The van der Waals surface area contributed by atoms with Crippen molar-refractivity contribution < 1.29 is 4.79 Å². The second-order valence-electron chi connectivity index (χ2n) is 3.63. The van der Waals surface area contributed by atoms with Gasteiger partial charge in [-0.25, -0.2) is 4.98 Å². The zero-order valence-corrected chi connectivity index (χ0v) is 9.13. The maximum absolute atomic E-state index is 11.3. The van der Waals surface area contributed by atoms with Crippen molar-refractivity contribution in [2.24, 2.45) is 5.73 Å². The Morgan fingerprint density at radius 1 is 1.18 bits per heavy atom. The molecule has 4 N–H and O–H groups in total. The normalized spacial score (nSPS) is 10.1. The summed E-state index contributed by atoms with van der Waals surface area (Å²) in [7, 11) is 0. The van der Waals surface area contributed by atoms with E-state index in [1.807, 2.05) is 12.1 Å². The van der Waals surface area contributed by atoms with Crippen molar-refractivity contribution in [3.8, 4) is 0 Å². The topological polar surface area (TPSA) is 94.9 Å². The van der Waals surface area contributed by atoms with Gasteiger partial charge in [0.25, 0.3) is 5.91 Å². The number of nitrogen functional groups attached to an aromatic ring is 1. The standard InChI is InChI=1S/C12H12N4O/c13-11-10(12(14)17)9(3-6-16-11)7-8-1-4-15-5-2-8/h1-6H,7H2,(H2,13,16)(H2,14,17). The van der Waals surface area contributed by atoms with E-state index in [2.05, 4.69) is 9.97 Å². The summed E-state index contributed by atoms with van der Waals surface area (Å²) < 4.78 is 0. The number of nitrogens with zero attached hydrogens (tertiary/aromatic N) is 2. The number of amides is 1. The van der Waals surface area contributed by atoms with E-state index < -0.39 is 5.91 Å². The fourth-order valence-electron chi connectivity index (χ4n) is 1.67. The first-order valence-corrected chi connectivity index (χ1v) is 5.10. The number of pyridine rings is 2. The number of rotatable bonds is 3. The molecule has 0 unspecified atom stereocenters. The first-order valence-electron chi connectivity index (χ1n) is 5.10. The molecule has 5 nitrogen and oxygen atoms in total. The van der Waals surface area contributed by atoms with Crippen LogP contribution in [0.5, 0.6) is 0 Å². The highest BCUT2D eigenvalue weighted by Gasteiger charge is 2.13. The summed E-state index contributed by atoms with van der Waals surface area (Å²) in [5.41, 5.74) is 13.1. The lowest BCUT2D eigenvalue weighted by molar-refractivity contribution is 0.1000. The molecule has 0 spiro atoms. The number of primary amides is 1. The Hall–Kier alpha value is -2.43. The van der Waals surface area contributed by atoms with Gasteiger partial charge in [0, 0.05) is 18.6 Å². The SMILES string of the molecule is NC(=O)c1c(Cc2ccncc2)ccnc1N. The van der Waals surface area contributed by atoms with Crippen molar-refractivity contribution in [2.75, 3.05) is 5.73 Å². The predicted molar refractivity (Wildman–Crippen MR) is 64.2 cm³/mol. The maximum atomic E-state index is 11.3. The maximum Gasteiger partial charge on any atom is 0.252 e. The molecule has 0 aliphatic carbocycles. The summed E-state index contributed by atoms with van der Waals surface area (Å²) in [5.74, 6) is -0.385. The van der Waals surface area contributed by atoms with Gasteiger partial charge in [0.2, 0.25) is 0 Å². The molecule has 2 aromatic rings. The highest BCUT2D eigenvalue weighted by Crippen LogP contribution is 2.17. The Morgan fingerprint density at radius 2 is 1.88 bits per heavy atom. The van der Waals surface area contributed by atoms with Crippen molar-refractivity contribution in [2.45, 2.75) is 6.42 Å². The predicted octanol–water partition coefficient (Wildman–Crippen LogP) is 0.748. The van der Waals surface area contributed by atoms with Crippen LogP contribution in [0.3, 0.4) is 0 Å². The molecule has 1 amide bonds. The van der Waals surface area contributed by atoms with E-state index in [-0.39, 0.29) is 5.82 Å². The molecule has 0 aliphatic rings. The average Bonchev–Trinajstić information content (AvgIpc) is 2.30. The minimum atomic E-state index is -0.556. The van der Waals surface area contributed by atoms with Crippen molar-refractivity contribution >= 4 is 11.7 Å². The quantitative estimate of drug-likeness (QED) is 0.810. The van der Waals surface area contributed by atoms with Crippen LogP contribution >= 0.6 is 0 Å². The van der Waals surface area contributed by atoms with Gasteiger partial charge in [-0.3, -0.25) is 9.78 Å². The number of carbonyl (C=O) groups excluding carboxylic acids is 1. The molecule has 86 valence electrons. The van der Waals surface area contributed by atoms with Crippen LogP contribution < -0.4 is 11.5 Å². The molecule has 5 heteroatoms. The Morgan fingerprint density at radius 3 is 2.53 bits per heavy atom. The summed E-state index contributed by atoms with van der Waals surface area (Å²) in [4.78, 5) is 19.1. The largest absolute Gasteiger partial charge is 0.383 e. The molecule has 0 radical (unpaired) electrons.